The van der Waals surface area contributed by atoms with Crippen LogP contribution in [0.4, 0.5) is 0 Å². The molecule has 0 spiro atoms. The minimum absolute atomic E-state index is 0.362. The number of aldehydes is 1. The lowest BCUT2D eigenvalue weighted by Crippen LogP contribution is -2.27. The van der Waals surface area contributed by atoms with Crippen molar-refractivity contribution in [2.75, 3.05) is 40.8 Å². The number of carbonyl (C=O) groups excluding carboxylic acids is 2. The monoisotopic (exact) mass is 334 g/mol. The van der Waals surface area contributed by atoms with Crippen molar-refractivity contribution in [3.05, 3.63) is 29.8 Å². The summed E-state index contributed by atoms with van der Waals surface area (Å²) in [6.07, 6.45) is 6.10. The SMILES string of the molecule is CN(C)CCCCC(=O)N1CCCC1.COc1cccc(C=O)c1. The van der Waals surface area contributed by atoms with Crippen LogP contribution in [0.5, 0.6) is 5.75 Å². The first-order chi connectivity index (χ1) is 11.6. The smallest absolute Gasteiger partial charge is 0.222 e. The van der Waals surface area contributed by atoms with Gasteiger partial charge in [0.25, 0.3) is 0 Å². The summed E-state index contributed by atoms with van der Waals surface area (Å²) in [5, 5.41) is 0. The molecule has 1 amide bonds. The van der Waals surface area contributed by atoms with E-state index in [4.69, 9.17) is 4.74 Å². The van der Waals surface area contributed by atoms with Gasteiger partial charge < -0.3 is 14.5 Å². The topological polar surface area (TPSA) is 49.9 Å². The van der Waals surface area contributed by atoms with Crippen molar-refractivity contribution in [1.82, 2.24) is 9.80 Å². The average molecular weight is 334 g/mol. The fraction of sp³-hybridized carbons (Fsp3) is 0.579. The summed E-state index contributed by atoms with van der Waals surface area (Å²) >= 11 is 0. The third-order valence-corrected chi connectivity index (χ3v) is 3.93. The number of amides is 1. The number of hydrogen-bond donors (Lipinski definition) is 0. The average Bonchev–Trinajstić information content (AvgIpc) is 3.13. The van der Waals surface area contributed by atoms with Crippen LogP contribution in [0.1, 0.15) is 42.5 Å². The molecule has 1 saturated heterocycles. The lowest BCUT2D eigenvalue weighted by Gasteiger charge is -2.15. The Morgan fingerprint density at radius 3 is 2.54 bits per heavy atom. The minimum atomic E-state index is 0.362. The van der Waals surface area contributed by atoms with Crippen LogP contribution in [0.15, 0.2) is 24.3 Å². The maximum atomic E-state index is 11.6. The molecule has 0 unspecified atom stereocenters. The second-order valence-electron chi connectivity index (χ2n) is 6.24. The van der Waals surface area contributed by atoms with Gasteiger partial charge in [0, 0.05) is 25.1 Å². The van der Waals surface area contributed by atoms with Crippen LogP contribution >= 0.6 is 0 Å². The third-order valence-electron chi connectivity index (χ3n) is 3.93. The maximum absolute atomic E-state index is 11.6. The predicted octanol–water partition coefficient (Wildman–Crippen LogP) is 2.85. The molecule has 1 aliphatic heterocycles. The van der Waals surface area contributed by atoms with Crippen molar-refractivity contribution in [1.29, 1.82) is 0 Å². The molecule has 0 saturated carbocycles. The van der Waals surface area contributed by atoms with Crippen LogP contribution in [0.3, 0.4) is 0 Å². The van der Waals surface area contributed by atoms with E-state index in [1.54, 1.807) is 31.4 Å². The molecule has 134 valence electrons. The number of unbranched alkanes of at least 4 members (excludes halogenated alkanes) is 1. The zero-order valence-electron chi connectivity index (χ0n) is 15.2. The Labute approximate surface area is 145 Å². The van der Waals surface area contributed by atoms with Gasteiger partial charge in [-0.25, -0.2) is 0 Å². The number of rotatable bonds is 7. The van der Waals surface area contributed by atoms with E-state index in [1.807, 2.05) is 4.90 Å². The fourth-order valence-corrected chi connectivity index (χ4v) is 2.54. The highest BCUT2D eigenvalue weighted by Gasteiger charge is 2.16. The van der Waals surface area contributed by atoms with Gasteiger partial charge in [0.05, 0.1) is 7.11 Å². The molecule has 24 heavy (non-hydrogen) atoms. The Bertz CT molecular complexity index is 497. The van der Waals surface area contributed by atoms with Gasteiger partial charge in [0.1, 0.15) is 12.0 Å². The molecule has 0 bridgehead atoms. The Kier molecular flexibility index (Phi) is 9.77. The lowest BCUT2D eigenvalue weighted by molar-refractivity contribution is -0.130. The largest absolute Gasteiger partial charge is 0.497 e. The first-order valence-corrected chi connectivity index (χ1v) is 8.58. The summed E-state index contributed by atoms with van der Waals surface area (Å²) in [5.41, 5.74) is 0.638. The van der Waals surface area contributed by atoms with Gasteiger partial charge in [0.2, 0.25) is 5.91 Å². The number of likely N-dealkylation sites (tertiary alicyclic amines) is 1. The summed E-state index contributed by atoms with van der Waals surface area (Å²) in [5.74, 6) is 1.07. The molecule has 5 nitrogen and oxygen atoms in total. The van der Waals surface area contributed by atoms with E-state index >= 15 is 0 Å². The molecule has 0 N–H and O–H groups in total. The molecule has 0 atom stereocenters. The van der Waals surface area contributed by atoms with Crippen molar-refractivity contribution >= 4 is 12.2 Å². The van der Waals surface area contributed by atoms with Gasteiger partial charge in [-0.15, -0.1) is 0 Å². The predicted molar refractivity (Wildman–Crippen MR) is 96.6 cm³/mol. The van der Waals surface area contributed by atoms with E-state index in [0.29, 0.717) is 17.2 Å². The van der Waals surface area contributed by atoms with Gasteiger partial charge in [-0.3, -0.25) is 9.59 Å². The molecule has 5 heteroatoms. The van der Waals surface area contributed by atoms with E-state index in [2.05, 4.69) is 19.0 Å². The first-order valence-electron chi connectivity index (χ1n) is 8.58. The second-order valence-corrected chi connectivity index (χ2v) is 6.24. The van der Waals surface area contributed by atoms with Crippen molar-refractivity contribution in [3.63, 3.8) is 0 Å². The lowest BCUT2D eigenvalue weighted by atomic mass is 10.2. The summed E-state index contributed by atoms with van der Waals surface area (Å²) in [7, 11) is 5.72. The Balaban J connectivity index is 0.000000254. The Morgan fingerprint density at radius 2 is 1.96 bits per heavy atom. The van der Waals surface area contributed by atoms with Gasteiger partial charge in [-0.05, 0) is 58.5 Å². The summed E-state index contributed by atoms with van der Waals surface area (Å²) in [6.45, 7) is 3.08. The number of carbonyl (C=O) groups is 2. The maximum Gasteiger partial charge on any atom is 0.222 e. The highest BCUT2D eigenvalue weighted by Crippen LogP contribution is 2.11. The summed E-state index contributed by atoms with van der Waals surface area (Å²) in [4.78, 5) is 26.0. The van der Waals surface area contributed by atoms with E-state index in [0.717, 1.165) is 45.2 Å². The number of ether oxygens (including phenoxy) is 1. The van der Waals surface area contributed by atoms with Crippen LogP contribution in [0.25, 0.3) is 0 Å². The van der Waals surface area contributed by atoms with E-state index in [9.17, 15) is 9.59 Å². The zero-order valence-corrected chi connectivity index (χ0v) is 15.2. The fourth-order valence-electron chi connectivity index (χ4n) is 2.54. The molecular formula is C19H30N2O3. The van der Waals surface area contributed by atoms with Crippen LogP contribution in [-0.2, 0) is 4.79 Å². The number of hydrogen-bond acceptors (Lipinski definition) is 4. The highest BCUT2D eigenvalue weighted by molar-refractivity contribution is 5.76. The molecule has 0 radical (unpaired) electrons. The standard InChI is InChI=1S/C11H22N2O.C8H8O2/c1-12(2)8-4-3-7-11(14)13-9-5-6-10-13;1-10-8-4-2-3-7(5-8)6-9/h3-10H2,1-2H3;2-6H,1H3. The number of nitrogens with zero attached hydrogens (tertiary/aromatic N) is 2. The molecule has 1 aliphatic rings. The van der Waals surface area contributed by atoms with Gasteiger partial charge in [0.15, 0.2) is 0 Å². The van der Waals surface area contributed by atoms with E-state index < -0.39 is 0 Å². The molecule has 1 fully saturated rings. The van der Waals surface area contributed by atoms with Crippen molar-refractivity contribution in [2.24, 2.45) is 0 Å². The van der Waals surface area contributed by atoms with Crippen molar-refractivity contribution in [3.8, 4) is 5.75 Å². The van der Waals surface area contributed by atoms with Gasteiger partial charge >= 0.3 is 0 Å². The van der Waals surface area contributed by atoms with Crippen LogP contribution in [0, 0.1) is 0 Å². The van der Waals surface area contributed by atoms with Gasteiger partial charge in [-0.1, -0.05) is 12.1 Å². The van der Waals surface area contributed by atoms with Crippen LogP contribution in [-0.4, -0.2) is 62.8 Å². The Morgan fingerprint density at radius 1 is 1.25 bits per heavy atom. The van der Waals surface area contributed by atoms with E-state index in [1.165, 1.54) is 12.8 Å². The number of benzene rings is 1. The quantitative estimate of drug-likeness (QED) is 0.568. The molecule has 1 aromatic carbocycles. The first kappa shape index (κ1) is 20.2. The number of methoxy groups -OCH3 is 1. The molecule has 2 rings (SSSR count). The molecule has 0 aromatic heterocycles. The van der Waals surface area contributed by atoms with Crippen LogP contribution in [0.2, 0.25) is 0 Å². The molecule has 1 heterocycles. The van der Waals surface area contributed by atoms with E-state index in [-0.39, 0.29) is 0 Å². The molecule has 0 aliphatic carbocycles. The zero-order chi connectivity index (χ0) is 17.8. The van der Waals surface area contributed by atoms with Crippen LogP contribution < -0.4 is 4.74 Å². The molecular weight excluding hydrogens is 304 g/mol. The third kappa shape index (κ3) is 8.11. The summed E-state index contributed by atoms with van der Waals surface area (Å²) in [6, 6.07) is 7.00. The highest BCUT2D eigenvalue weighted by atomic mass is 16.5. The van der Waals surface area contributed by atoms with Gasteiger partial charge in [-0.2, -0.15) is 0 Å². The normalized spacial score (nSPS) is 13.4. The summed E-state index contributed by atoms with van der Waals surface area (Å²) < 4.78 is 4.90. The van der Waals surface area contributed by atoms with Crippen molar-refractivity contribution in [2.45, 2.75) is 32.1 Å². The Hall–Kier alpha value is -1.88. The minimum Gasteiger partial charge on any atom is -0.497 e. The van der Waals surface area contributed by atoms with Crippen molar-refractivity contribution < 1.29 is 14.3 Å². The molecule has 1 aromatic rings. The second kappa shape index (κ2) is 11.6.